The summed E-state index contributed by atoms with van der Waals surface area (Å²) in [6.45, 7) is 3.43. The molecule has 0 saturated heterocycles. The number of hydrogen-bond donors (Lipinski definition) is 0. The molecule has 41 heavy (non-hydrogen) atoms. The normalized spacial score (nSPS) is 11.2. The number of aromatic nitrogens is 6. The molecule has 5 aromatic carbocycles. The van der Waals surface area contributed by atoms with Crippen LogP contribution in [0, 0.1) is 6.92 Å². The lowest BCUT2D eigenvalue weighted by molar-refractivity contribution is 0.650. The quantitative estimate of drug-likeness (QED) is 0.214. The molecule has 0 fully saturated rings. The molecule has 0 amide bonds. The molecule has 0 atom stereocenters. The lowest BCUT2D eigenvalue weighted by Crippen LogP contribution is -1.99. The first-order valence-electron chi connectivity index (χ1n) is 13.7. The molecule has 0 bridgehead atoms. The third kappa shape index (κ3) is 5.03. The molecule has 0 aliphatic heterocycles. The number of fused-ring (bicyclic) bond motifs is 1. The zero-order valence-electron chi connectivity index (χ0n) is 22.7. The van der Waals surface area contributed by atoms with E-state index < -0.39 is 0 Å². The van der Waals surface area contributed by atoms with Crippen LogP contribution in [0.2, 0.25) is 0 Å². The van der Waals surface area contributed by atoms with Crippen LogP contribution in [0.5, 0.6) is 0 Å². The van der Waals surface area contributed by atoms with Crippen molar-refractivity contribution in [1.29, 1.82) is 0 Å². The third-order valence-corrected chi connectivity index (χ3v) is 7.35. The fraction of sp³-hybridized carbons (Fsp3) is 0.0857. The zero-order valence-corrected chi connectivity index (χ0v) is 22.7. The van der Waals surface area contributed by atoms with Crippen LogP contribution in [0.15, 0.2) is 128 Å². The van der Waals surface area contributed by atoms with E-state index in [1.54, 1.807) is 0 Å². The van der Waals surface area contributed by atoms with Crippen LogP contribution in [0.4, 0.5) is 0 Å². The van der Waals surface area contributed by atoms with Gasteiger partial charge in [0, 0.05) is 16.7 Å². The summed E-state index contributed by atoms with van der Waals surface area (Å²) in [4.78, 5) is 0. The molecule has 0 aliphatic rings. The first-order chi connectivity index (χ1) is 20.2. The topological polar surface area (TPSA) is 61.4 Å². The predicted molar refractivity (Wildman–Crippen MR) is 163 cm³/mol. The molecule has 0 radical (unpaired) electrons. The van der Waals surface area contributed by atoms with E-state index in [2.05, 4.69) is 106 Å². The van der Waals surface area contributed by atoms with E-state index in [4.69, 9.17) is 0 Å². The summed E-state index contributed by atoms with van der Waals surface area (Å²) in [5.41, 5.74) is 9.37. The number of nitrogens with zero attached hydrogens (tertiary/aromatic N) is 6. The Morgan fingerprint density at radius 1 is 0.537 bits per heavy atom. The van der Waals surface area contributed by atoms with Crippen LogP contribution in [0.1, 0.15) is 16.7 Å². The number of aryl methyl sites for hydroxylation is 1. The van der Waals surface area contributed by atoms with Crippen LogP contribution in [0.3, 0.4) is 0 Å². The average Bonchev–Trinajstić information content (AvgIpc) is 3.67. The standard InChI is InChI=1S/C35H28N6/c1-25-19-31(33-23-40(38-36-33)21-26-11-4-2-5-12-26)35(30-18-10-16-28-15-8-9-17-29(28)30)32(20-25)34-24-41(39-37-34)22-27-13-6-3-7-14-27/h2-20,23-24H,21-22H2,1H3. The van der Waals surface area contributed by atoms with Crippen molar-refractivity contribution in [3.05, 3.63) is 144 Å². The van der Waals surface area contributed by atoms with Gasteiger partial charge in [0.25, 0.3) is 0 Å². The molecule has 0 unspecified atom stereocenters. The summed E-state index contributed by atoms with van der Waals surface area (Å²) in [6.07, 6.45) is 4.07. The van der Waals surface area contributed by atoms with Gasteiger partial charge in [-0.3, -0.25) is 0 Å². The minimum absolute atomic E-state index is 0.657. The van der Waals surface area contributed by atoms with Gasteiger partial charge in [-0.15, -0.1) is 10.2 Å². The number of benzene rings is 5. The van der Waals surface area contributed by atoms with E-state index >= 15 is 0 Å². The van der Waals surface area contributed by atoms with Gasteiger partial charge in [0.2, 0.25) is 0 Å². The van der Waals surface area contributed by atoms with E-state index in [-0.39, 0.29) is 0 Å². The molecule has 0 saturated carbocycles. The van der Waals surface area contributed by atoms with Crippen LogP contribution in [-0.2, 0) is 13.1 Å². The Morgan fingerprint density at radius 2 is 1.05 bits per heavy atom. The Labute approximate surface area is 238 Å². The van der Waals surface area contributed by atoms with Crippen molar-refractivity contribution in [3.63, 3.8) is 0 Å². The van der Waals surface area contributed by atoms with E-state index in [1.165, 1.54) is 21.9 Å². The molecule has 6 nitrogen and oxygen atoms in total. The van der Waals surface area contributed by atoms with Gasteiger partial charge in [0.05, 0.1) is 25.5 Å². The first-order valence-corrected chi connectivity index (χ1v) is 13.7. The maximum atomic E-state index is 4.66. The van der Waals surface area contributed by atoms with Gasteiger partial charge in [-0.2, -0.15) is 0 Å². The van der Waals surface area contributed by atoms with Gasteiger partial charge in [0.15, 0.2) is 0 Å². The summed E-state index contributed by atoms with van der Waals surface area (Å²) >= 11 is 0. The maximum Gasteiger partial charge on any atom is 0.113 e. The highest BCUT2D eigenvalue weighted by Gasteiger charge is 2.21. The smallest absolute Gasteiger partial charge is 0.113 e. The van der Waals surface area contributed by atoms with E-state index in [0.29, 0.717) is 13.1 Å². The second-order valence-corrected chi connectivity index (χ2v) is 10.3. The molecule has 7 rings (SSSR count). The Morgan fingerprint density at radius 3 is 1.63 bits per heavy atom. The Bertz CT molecular complexity index is 1850. The highest BCUT2D eigenvalue weighted by molar-refractivity contribution is 6.04. The highest BCUT2D eigenvalue weighted by Crippen LogP contribution is 2.42. The molecule has 7 aromatic rings. The maximum absolute atomic E-state index is 4.66. The second kappa shape index (κ2) is 10.7. The minimum atomic E-state index is 0.657. The summed E-state index contributed by atoms with van der Waals surface area (Å²) in [5.74, 6) is 0. The van der Waals surface area contributed by atoms with Crippen molar-refractivity contribution in [1.82, 2.24) is 30.0 Å². The Kier molecular flexibility index (Phi) is 6.41. The fourth-order valence-corrected chi connectivity index (χ4v) is 5.46. The molecule has 2 aromatic heterocycles. The van der Waals surface area contributed by atoms with Crippen LogP contribution in [-0.4, -0.2) is 30.0 Å². The monoisotopic (exact) mass is 532 g/mol. The van der Waals surface area contributed by atoms with E-state index in [9.17, 15) is 0 Å². The molecule has 6 heteroatoms. The third-order valence-electron chi connectivity index (χ3n) is 7.35. The minimum Gasteiger partial charge on any atom is -0.247 e. The second-order valence-electron chi connectivity index (χ2n) is 10.3. The largest absolute Gasteiger partial charge is 0.247 e. The summed E-state index contributed by atoms with van der Waals surface area (Å²) in [6, 6.07) is 40.0. The van der Waals surface area contributed by atoms with Gasteiger partial charge in [-0.25, -0.2) is 9.36 Å². The lowest BCUT2D eigenvalue weighted by Gasteiger charge is -2.16. The average molecular weight is 533 g/mol. The van der Waals surface area contributed by atoms with Gasteiger partial charge < -0.3 is 0 Å². The summed E-state index contributed by atoms with van der Waals surface area (Å²) < 4.78 is 3.80. The number of hydrogen-bond acceptors (Lipinski definition) is 4. The van der Waals surface area contributed by atoms with Crippen molar-refractivity contribution in [2.24, 2.45) is 0 Å². The SMILES string of the molecule is Cc1cc(-c2cn(Cc3ccccc3)nn2)c(-c2cccc3ccccc23)c(-c2cn(Cc3ccccc3)nn2)c1. The molecule has 2 heterocycles. The van der Waals surface area contributed by atoms with Crippen molar-refractivity contribution in [2.45, 2.75) is 20.0 Å². The Hall–Kier alpha value is -5.36. The van der Waals surface area contributed by atoms with Gasteiger partial charge in [-0.1, -0.05) is 114 Å². The lowest BCUT2D eigenvalue weighted by atomic mass is 9.87. The molecule has 198 valence electrons. The van der Waals surface area contributed by atoms with Gasteiger partial charge >= 0.3 is 0 Å². The molecular weight excluding hydrogens is 504 g/mol. The molecule has 0 spiro atoms. The zero-order chi connectivity index (χ0) is 27.6. The van der Waals surface area contributed by atoms with Crippen LogP contribution in [0.25, 0.3) is 44.4 Å². The van der Waals surface area contributed by atoms with Crippen molar-refractivity contribution in [3.8, 4) is 33.6 Å². The van der Waals surface area contributed by atoms with Gasteiger partial charge in [0.1, 0.15) is 11.4 Å². The first kappa shape index (κ1) is 24.7. The molecular formula is C35H28N6. The highest BCUT2D eigenvalue weighted by atomic mass is 15.4. The number of rotatable bonds is 7. The Balaban J connectivity index is 1.39. The molecule has 0 N–H and O–H groups in total. The molecule has 0 aliphatic carbocycles. The van der Waals surface area contributed by atoms with E-state index in [1.807, 2.05) is 58.2 Å². The van der Waals surface area contributed by atoms with E-state index in [0.717, 1.165) is 39.2 Å². The summed E-state index contributed by atoms with van der Waals surface area (Å²) in [7, 11) is 0. The predicted octanol–water partition coefficient (Wildman–Crippen LogP) is 7.43. The van der Waals surface area contributed by atoms with Gasteiger partial charge in [-0.05, 0) is 52.1 Å². The van der Waals surface area contributed by atoms with Crippen molar-refractivity contribution in [2.75, 3.05) is 0 Å². The summed E-state index contributed by atoms with van der Waals surface area (Å²) in [5, 5.41) is 20.7. The van der Waals surface area contributed by atoms with Crippen LogP contribution >= 0.6 is 0 Å². The fourth-order valence-electron chi connectivity index (χ4n) is 5.46. The van der Waals surface area contributed by atoms with Crippen molar-refractivity contribution < 1.29 is 0 Å². The van der Waals surface area contributed by atoms with Crippen molar-refractivity contribution >= 4 is 10.8 Å². The van der Waals surface area contributed by atoms with Crippen LogP contribution < -0.4 is 0 Å².